The molecule has 1 saturated heterocycles. The van der Waals surface area contributed by atoms with Crippen molar-refractivity contribution >= 4 is 33.3 Å². The highest BCUT2D eigenvalue weighted by molar-refractivity contribution is 9.10. The number of carboxylic acid groups (broad SMARTS) is 1. The van der Waals surface area contributed by atoms with E-state index in [0.717, 1.165) is 28.9 Å². The Morgan fingerprint density at radius 2 is 2.22 bits per heavy atom. The smallest absolute Gasteiger partial charge is 0.327 e. The van der Waals surface area contributed by atoms with Crippen LogP contribution in [0.5, 0.6) is 0 Å². The van der Waals surface area contributed by atoms with Gasteiger partial charge in [-0.3, -0.25) is 0 Å². The summed E-state index contributed by atoms with van der Waals surface area (Å²) in [5, 5.41) is 15.9. The first kappa shape index (κ1) is 11.8. The molecular weight excluding hydrogens is 298 g/mol. The summed E-state index contributed by atoms with van der Waals surface area (Å²) in [6.07, 6.45) is 0. The maximum Gasteiger partial charge on any atom is 0.327 e. The van der Waals surface area contributed by atoms with Crippen LogP contribution in [0.3, 0.4) is 0 Å². The van der Waals surface area contributed by atoms with Gasteiger partial charge < -0.3 is 20.6 Å². The molecule has 0 amide bonds. The zero-order chi connectivity index (χ0) is 12.7. The minimum Gasteiger partial charge on any atom is -0.480 e. The molecular formula is C12H14BrN3O2. The van der Waals surface area contributed by atoms with E-state index in [0.29, 0.717) is 6.54 Å². The van der Waals surface area contributed by atoms with Crippen molar-refractivity contribution in [3.05, 3.63) is 22.7 Å². The number of hydrogen-bond donors (Lipinski definition) is 3. The first-order valence-corrected chi connectivity index (χ1v) is 6.71. The molecule has 1 unspecified atom stereocenters. The summed E-state index contributed by atoms with van der Waals surface area (Å²) in [5.41, 5.74) is 1.97. The lowest BCUT2D eigenvalue weighted by molar-refractivity contribution is -0.138. The van der Waals surface area contributed by atoms with E-state index in [1.165, 1.54) is 0 Å². The van der Waals surface area contributed by atoms with Crippen LogP contribution >= 0.6 is 15.9 Å². The Morgan fingerprint density at radius 3 is 3.00 bits per heavy atom. The molecule has 96 valence electrons. The summed E-state index contributed by atoms with van der Waals surface area (Å²) in [6, 6.07) is 5.61. The third kappa shape index (κ3) is 1.85. The van der Waals surface area contributed by atoms with Crippen LogP contribution in [0.2, 0.25) is 0 Å². The molecule has 6 heteroatoms. The Kier molecular flexibility index (Phi) is 2.91. The molecule has 2 heterocycles. The van der Waals surface area contributed by atoms with Crippen molar-refractivity contribution in [3.63, 3.8) is 0 Å². The first-order valence-electron chi connectivity index (χ1n) is 5.92. The predicted molar refractivity (Wildman–Crippen MR) is 73.2 cm³/mol. The third-order valence-corrected chi connectivity index (χ3v) is 3.99. The summed E-state index contributed by atoms with van der Waals surface area (Å²) >= 11 is 3.44. The minimum atomic E-state index is -0.775. The Balaban J connectivity index is 2.04. The largest absolute Gasteiger partial charge is 0.480 e. The summed E-state index contributed by atoms with van der Waals surface area (Å²) in [5.74, 6) is -0.775. The SMILES string of the molecule is O=C(O)[C@H]1CNCC2CNc3cc(Br)ccc3N21. The minimum absolute atomic E-state index is 0.188. The molecule has 3 rings (SSSR count). The van der Waals surface area contributed by atoms with Crippen molar-refractivity contribution < 1.29 is 9.90 Å². The molecule has 3 N–H and O–H groups in total. The van der Waals surface area contributed by atoms with Crippen LogP contribution in [0.4, 0.5) is 11.4 Å². The second kappa shape index (κ2) is 4.44. The van der Waals surface area contributed by atoms with Gasteiger partial charge in [-0.2, -0.15) is 0 Å². The van der Waals surface area contributed by atoms with E-state index in [9.17, 15) is 9.90 Å². The van der Waals surface area contributed by atoms with Crippen LogP contribution in [0, 0.1) is 0 Å². The van der Waals surface area contributed by atoms with E-state index in [1.807, 2.05) is 23.1 Å². The predicted octanol–water partition coefficient (Wildman–Crippen LogP) is 1.11. The van der Waals surface area contributed by atoms with Gasteiger partial charge >= 0.3 is 5.97 Å². The lowest BCUT2D eigenvalue weighted by Crippen LogP contribution is -2.63. The summed E-state index contributed by atoms with van der Waals surface area (Å²) < 4.78 is 0.995. The number of hydrogen-bond acceptors (Lipinski definition) is 4. The van der Waals surface area contributed by atoms with Crippen LogP contribution in [0.15, 0.2) is 22.7 Å². The van der Waals surface area contributed by atoms with E-state index >= 15 is 0 Å². The molecule has 2 atom stereocenters. The maximum atomic E-state index is 11.4. The van der Waals surface area contributed by atoms with Gasteiger partial charge in [0.05, 0.1) is 17.4 Å². The number of halogens is 1. The molecule has 0 aliphatic carbocycles. The van der Waals surface area contributed by atoms with Gasteiger partial charge in [-0.15, -0.1) is 0 Å². The molecule has 0 radical (unpaired) electrons. The molecule has 1 fully saturated rings. The molecule has 5 nitrogen and oxygen atoms in total. The van der Waals surface area contributed by atoms with Gasteiger partial charge in [0.15, 0.2) is 0 Å². The molecule has 1 aromatic rings. The maximum absolute atomic E-state index is 11.4. The van der Waals surface area contributed by atoms with Gasteiger partial charge in [0.1, 0.15) is 6.04 Å². The number of carboxylic acids is 1. The standard InChI is InChI=1S/C12H14BrN3O2/c13-7-1-2-10-9(3-7)15-5-8-4-14-6-11(12(17)18)16(8)10/h1-3,8,11,14-15H,4-6H2,(H,17,18)/t8?,11-/m1/s1. The lowest BCUT2D eigenvalue weighted by Gasteiger charge is -2.46. The van der Waals surface area contributed by atoms with E-state index in [4.69, 9.17) is 0 Å². The fourth-order valence-electron chi connectivity index (χ4n) is 2.68. The van der Waals surface area contributed by atoms with E-state index in [2.05, 4.69) is 26.6 Å². The summed E-state index contributed by atoms with van der Waals surface area (Å²) in [6.45, 7) is 2.06. The van der Waals surface area contributed by atoms with Gasteiger partial charge in [0.25, 0.3) is 0 Å². The Hall–Kier alpha value is -1.27. The number of carbonyl (C=O) groups is 1. The zero-order valence-electron chi connectivity index (χ0n) is 9.69. The molecule has 2 aliphatic rings. The number of anilines is 2. The van der Waals surface area contributed by atoms with Gasteiger partial charge in [-0.1, -0.05) is 15.9 Å². The fraction of sp³-hybridized carbons (Fsp3) is 0.417. The topological polar surface area (TPSA) is 64.6 Å². The fourth-order valence-corrected chi connectivity index (χ4v) is 3.04. The second-order valence-electron chi connectivity index (χ2n) is 4.62. The van der Waals surface area contributed by atoms with Crippen molar-refractivity contribution in [2.24, 2.45) is 0 Å². The number of fused-ring (bicyclic) bond motifs is 3. The summed E-state index contributed by atoms with van der Waals surface area (Å²) in [7, 11) is 0. The number of piperazine rings is 1. The molecule has 0 aromatic heterocycles. The van der Waals surface area contributed by atoms with Crippen LogP contribution in [0.1, 0.15) is 0 Å². The van der Waals surface area contributed by atoms with Crippen LogP contribution < -0.4 is 15.5 Å². The molecule has 18 heavy (non-hydrogen) atoms. The highest BCUT2D eigenvalue weighted by Gasteiger charge is 2.38. The number of benzene rings is 1. The van der Waals surface area contributed by atoms with E-state index in [1.54, 1.807) is 0 Å². The number of nitrogens with zero attached hydrogens (tertiary/aromatic N) is 1. The molecule has 1 aromatic carbocycles. The lowest BCUT2D eigenvalue weighted by atomic mass is 10.0. The normalized spacial score (nSPS) is 25.9. The van der Waals surface area contributed by atoms with E-state index < -0.39 is 12.0 Å². The average Bonchev–Trinajstić information content (AvgIpc) is 2.37. The molecule has 2 aliphatic heterocycles. The van der Waals surface area contributed by atoms with Gasteiger partial charge in [0.2, 0.25) is 0 Å². The van der Waals surface area contributed by atoms with Gasteiger partial charge in [-0.05, 0) is 18.2 Å². The van der Waals surface area contributed by atoms with Crippen molar-refractivity contribution in [2.45, 2.75) is 12.1 Å². The van der Waals surface area contributed by atoms with Gasteiger partial charge in [-0.25, -0.2) is 4.79 Å². The van der Waals surface area contributed by atoms with Crippen molar-refractivity contribution in [3.8, 4) is 0 Å². The van der Waals surface area contributed by atoms with Crippen LogP contribution in [-0.2, 0) is 4.79 Å². The highest BCUT2D eigenvalue weighted by Crippen LogP contribution is 2.35. The van der Waals surface area contributed by atoms with Crippen LogP contribution in [-0.4, -0.2) is 42.8 Å². The highest BCUT2D eigenvalue weighted by atomic mass is 79.9. The van der Waals surface area contributed by atoms with Crippen molar-refractivity contribution in [2.75, 3.05) is 29.9 Å². The number of rotatable bonds is 1. The molecule has 0 bridgehead atoms. The van der Waals surface area contributed by atoms with Crippen molar-refractivity contribution in [1.82, 2.24) is 5.32 Å². The summed E-state index contributed by atoms with van der Waals surface area (Å²) in [4.78, 5) is 13.4. The van der Waals surface area contributed by atoms with E-state index in [-0.39, 0.29) is 6.04 Å². The number of aliphatic carboxylic acids is 1. The molecule has 0 saturated carbocycles. The van der Waals surface area contributed by atoms with Crippen molar-refractivity contribution in [1.29, 1.82) is 0 Å². The quantitative estimate of drug-likeness (QED) is 0.725. The monoisotopic (exact) mass is 311 g/mol. The third-order valence-electron chi connectivity index (χ3n) is 3.50. The zero-order valence-corrected chi connectivity index (χ0v) is 11.3. The Labute approximate surface area is 113 Å². The Bertz CT molecular complexity index is 494. The van der Waals surface area contributed by atoms with Gasteiger partial charge in [0, 0.05) is 24.1 Å². The molecule has 0 spiro atoms. The van der Waals surface area contributed by atoms with Crippen LogP contribution in [0.25, 0.3) is 0 Å². The second-order valence-corrected chi connectivity index (χ2v) is 5.53. The number of nitrogens with one attached hydrogen (secondary N) is 2. The Morgan fingerprint density at radius 1 is 1.39 bits per heavy atom. The first-order chi connectivity index (χ1) is 8.66. The average molecular weight is 312 g/mol.